The van der Waals surface area contributed by atoms with Gasteiger partial charge < -0.3 is 0 Å². The zero-order chi connectivity index (χ0) is 31.2. The highest BCUT2D eigenvalue weighted by Gasteiger charge is 2.26. The van der Waals surface area contributed by atoms with E-state index in [0.29, 0.717) is 11.4 Å². The van der Waals surface area contributed by atoms with Crippen LogP contribution in [0.1, 0.15) is 22.3 Å². The number of para-hydroxylation sites is 2. The molecule has 0 unspecified atom stereocenters. The van der Waals surface area contributed by atoms with Crippen molar-refractivity contribution in [2.24, 2.45) is 0 Å². The van der Waals surface area contributed by atoms with Gasteiger partial charge in [0.05, 0.1) is 9.85 Å². The number of aryl methyl sites for hydroxylation is 4. The van der Waals surface area contributed by atoms with E-state index in [1.54, 1.807) is 24.3 Å². The summed E-state index contributed by atoms with van der Waals surface area (Å²) in [5.74, 6) is 0. The number of nitro groups is 2. The van der Waals surface area contributed by atoms with E-state index in [2.05, 4.69) is 9.44 Å². The molecule has 4 rings (SSSR count). The van der Waals surface area contributed by atoms with Gasteiger partial charge in [-0.2, -0.15) is 0 Å². The molecule has 42 heavy (non-hydrogen) atoms. The molecule has 2 N–H and O–H groups in total. The molecular formula is C28H28N4O8S2. The molecule has 0 atom stereocenters. The van der Waals surface area contributed by atoms with Crippen LogP contribution in [0, 0.1) is 47.9 Å². The fourth-order valence-electron chi connectivity index (χ4n) is 4.16. The van der Waals surface area contributed by atoms with Crippen LogP contribution in [0.3, 0.4) is 0 Å². The second-order valence-electron chi connectivity index (χ2n) is 9.41. The second kappa shape index (κ2) is 12.8. The number of benzene rings is 4. The number of nitrogens with one attached hydrogen (secondary N) is 2. The zero-order valence-corrected chi connectivity index (χ0v) is 24.7. The molecule has 220 valence electrons. The van der Waals surface area contributed by atoms with Crippen LogP contribution in [0.15, 0.2) is 94.7 Å². The third-order valence-corrected chi connectivity index (χ3v) is 8.51. The van der Waals surface area contributed by atoms with Crippen molar-refractivity contribution < 1.29 is 26.7 Å². The fraction of sp³-hybridized carbons (Fsp3) is 0.143. The maximum absolute atomic E-state index is 12.3. The smallest absolute Gasteiger partial charge is 0.279 e. The van der Waals surface area contributed by atoms with Crippen LogP contribution in [0.25, 0.3) is 0 Å². The summed E-state index contributed by atoms with van der Waals surface area (Å²) < 4.78 is 54.1. The van der Waals surface area contributed by atoms with E-state index in [0.717, 1.165) is 34.4 Å². The van der Waals surface area contributed by atoms with Gasteiger partial charge in [-0.1, -0.05) is 36.4 Å². The monoisotopic (exact) mass is 612 g/mol. The molecule has 0 bridgehead atoms. The Kier molecular flexibility index (Phi) is 9.65. The van der Waals surface area contributed by atoms with Crippen LogP contribution in [-0.4, -0.2) is 26.7 Å². The number of rotatable bonds is 8. The molecule has 14 heteroatoms. The minimum Gasteiger partial charge on any atom is -0.279 e. The molecule has 0 aliphatic heterocycles. The van der Waals surface area contributed by atoms with E-state index in [9.17, 15) is 37.1 Å². The van der Waals surface area contributed by atoms with Crippen LogP contribution < -0.4 is 9.44 Å². The molecule has 0 fully saturated rings. The van der Waals surface area contributed by atoms with Crippen LogP contribution in [0.4, 0.5) is 22.7 Å². The molecule has 0 heterocycles. The predicted octanol–water partition coefficient (Wildman–Crippen LogP) is 6.02. The minimum atomic E-state index is -4.01. The Labute approximate surface area is 243 Å². The summed E-state index contributed by atoms with van der Waals surface area (Å²) in [6, 6.07) is 21.0. The van der Waals surface area contributed by atoms with Crippen LogP contribution in [0.2, 0.25) is 0 Å². The van der Waals surface area contributed by atoms with E-state index in [1.165, 1.54) is 36.4 Å². The molecule has 0 aliphatic carbocycles. The fourth-order valence-corrected chi connectivity index (χ4v) is 6.59. The largest absolute Gasteiger partial charge is 0.289 e. The molecule has 0 aromatic heterocycles. The lowest BCUT2D eigenvalue weighted by Crippen LogP contribution is -2.14. The Balaban J connectivity index is 0.000000230. The number of hydrogen-bond donors (Lipinski definition) is 2. The van der Waals surface area contributed by atoms with Crippen LogP contribution in [-0.2, 0) is 20.0 Å². The quantitative estimate of drug-likeness (QED) is 0.179. The van der Waals surface area contributed by atoms with E-state index in [1.807, 2.05) is 39.8 Å². The Morgan fingerprint density at radius 3 is 1.10 bits per heavy atom. The van der Waals surface area contributed by atoms with Gasteiger partial charge in [-0.25, -0.2) is 16.8 Å². The molecule has 4 aromatic carbocycles. The average Bonchev–Trinajstić information content (AvgIpc) is 2.87. The van der Waals surface area contributed by atoms with E-state index >= 15 is 0 Å². The molecular weight excluding hydrogens is 584 g/mol. The summed E-state index contributed by atoms with van der Waals surface area (Å²) in [5.41, 5.74) is 3.45. The molecule has 0 aliphatic rings. The topological polar surface area (TPSA) is 179 Å². The van der Waals surface area contributed by atoms with E-state index in [-0.39, 0.29) is 9.79 Å². The van der Waals surface area contributed by atoms with Crippen molar-refractivity contribution >= 4 is 42.8 Å². The summed E-state index contributed by atoms with van der Waals surface area (Å²) in [5, 5.41) is 21.9. The number of anilines is 2. The first-order chi connectivity index (χ1) is 19.6. The normalized spacial score (nSPS) is 11.1. The van der Waals surface area contributed by atoms with Crippen LogP contribution in [0.5, 0.6) is 0 Å². The molecule has 0 saturated carbocycles. The highest BCUT2D eigenvalue weighted by Crippen LogP contribution is 2.27. The van der Waals surface area contributed by atoms with Gasteiger partial charge in [0.2, 0.25) is 0 Å². The molecule has 0 amide bonds. The maximum atomic E-state index is 12.3. The molecule has 12 nitrogen and oxygen atoms in total. The third kappa shape index (κ3) is 8.11. The SMILES string of the molecule is Cc1cc(C)cc(NS(=O)(=O)c2ccccc2[N+](=O)[O-])c1.Cc1cc(C)cc(NS(=O)(=O)c2ccccc2[N+](=O)[O-])c1. The Morgan fingerprint density at radius 2 is 0.810 bits per heavy atom. The van der Waals surface area contributed by atoms with Gasteiger partial charge in [0, 0.05) is 23.5 Å². The number of nitro benzene ring substituents is 2. The Bertz CT molecular complexity index is 1700. The van der Waals surface area contributed by atoms with Crippen molar-refractivity contribution in [1.82, 2.24) is 0 Å². The lowest BCUT2D eigenvalue weighted by atomic mass is 10.1. The summed E-state index contributed by atoms with van der Waals surface area (Å²) in [6.45, 7) is 7.37. The summed E-state index contributed by atoms with van der Waals surface area (Å²) in [4.78, 5) is 19.8. The van der Waals surface area contributed by atoms with E-state index < -0.39 is 41.3 Å². The summed E-state index contributed by atoms with van der Waals surface area (Å²) in [6.07, 6.45) is 0. The van der Waals surface area contributed by atoms with Gasteiger partial charge in [-0.3, -0.25) is 29.7 Å². The van der Waals surface area contributed by atoms with Crippen molar-refractivity contribution in [2.75, 3.05) is 9.44 Å². The van der Waals surface area contributed by atoms with Crippen molar-refractivity contribution in [3.05, 3.63) is 127 Å². The summed E-state index contributed by atoms with van der Waals surface area (Å²) in [7, 11) is -8.03. The van der Waals surface area contributed by atoms with E-state index in [4.69, 9.17) is 0 Å². The molecule has 4 aromatic rings. The summed E-state index contributed by atoms with van der Waals surface area (Å²) >= 11 is 0. The zero-order valence-electron chi connectivity index (χ0n) is 23.1. The van der Waals surface area contributed by atoms with Gasteiger partial charge in [-0.05, 0) is 86.3 Å². The van der Waals surface area contributed by atoms with Gasteiger partial charge in [0.1, 0.15) is 0 Å². The van der Waals surface area contributed by atoms with Crippen molar-refractivity contribution in [3.8, 4) is 0 Å². The highest BCUT2D eigenvalue weighted by molar-refractivity contribution is 7.93. The third-order valence-electron chi connectivity index (χ3n) is 5.65. The van der Waals surface area contributed by atoms with Crippen LogP contribution >= 0.6 is 0 Å². The van der Waals surface area contributed by atoms with Gasteiger partial charge in [-0.15, -0.1) is 0 Å². The first-order valence-corrected chi connectivity index (χ1v) is 15.2. The predicted molar refractivity (Wildman–Crippen MR) is 160 cm³/mol. The van der Waals surface area contributed by atoms with Gasteiger partial charge in [0.25, 0.3) is 31.4 Å². The van der Waals surface area contributed by atoms with Gasteiger partial charge in [0.15, 0.2) is 9.79 Å². The first-order valence-electron chi connectivity index (χ1n) is 12.3. The minimum absolute atomic E-state index is 0.353. The number of nitrogens with zero attached hydrogens (tertiary/aromatic N) is 2. The molecule has 0 saturated heterocycles. The molecule has 0 spiro atoms. The highest BCUT2D eigenvalue weighted by atomic mass is 32.2. The average molecular weight is 613 g/mol. The molecule has 0 radical (unpaired) electrons. The first kappa shape index (κ1) is 31.7. The number of sulfonamides is 2. The second-order valence-corrected chi connectivity index (χ2v) is 12.7. The lowest BCUT2D eigenvalue weighted by molar-refractivity contribution is -0.388. The van der Waals surface area contributed by atoms with Crippen molar-refractivity contribution in [3.63, 3.8) is 0 Å². The standard InChI is InChI=1S/2C14H14N2O4S/c2*1-10-7-11(2)9-12(8-10)15-21(19,20)14-6-4-3-5-13(14)16(17)18/h2*3-9,15H,1-2H3. The Morgan fingerprint density at radius 1 is 0.524 bits per heavy atom. The van der Waals surface area contributed by atoms with Gasteiger partial charge >= 0.3 is 0 Å². The lowest BCUT2D eigenvalue weighted by Gasteiger charge is -2.10. The number of hydrogen-bond acceptors (Lipinski definition) is 8. The van der Waals surface area contributed by atoms with Crippen molar-refractivity contribution in [2.45, 2.75) is 37.5 Å². The Hall–Kier alpha value is -4.82. The maximum Gasteiger partial charge on any atom is 0.289 e. The van der Waals surface area contributed by atoms with Crippen molar-refractivity contribution in [1.29, 1.82) is 0 Å².